The van der Waals surface area contributed by atoms with E-state index in [0.29, 0.717) is 9.88 Å². The van der Waals surface area contributed by atoms with E-state index in [1.54, 1.807) is 6.92 Å². The van der Waals surface area contributed by atoms with E-state index in [0.717, 1.165) is 22.7 Å². The van der Waals surface area contributed by atoms with Gasteiger partial charge in [-0.2, -0.15) is 5.26 Å². The minimum absolute atomic E-state index is 0.0286. The molecule has 7 nitrogen and oxygen atoms in total. The molecule has 21 heavy (non-hydrogen) atoms. The van der Waals surface area contributed by atoms with Gasteiger partial charge in [0.15, 0.2) is 5.69 Å². The van der Waals surface area contributed by atoms with E-state index >= 15 is 0 Å². The molecular formula is C11H9N3O4S3. The van der Waals surface area contributed by atoms with Gasteiger partial charge in [0.1, 0.15) is 20.2 Å². The van der Waals surface area contributed by atoms with Crippen LogP contribution in [0, 0.1) is 11.3 Å². The lowest BCUT2D eigenvalue weighted by Gasteiger charge is -2.10. The molecule has 2 heterocycles. The molecule has 10 heteroatoms. The molecule has 0 aliphatic carbocycles. The van der Waals surface area contributed by atoms with Gasteiger partial charge < -0.3 is 5.11 Å². The maximum Gasteiger partial charge on any atom is 0.355 e. The third-order valence-electron chi connectivity index (χ3n) is 2.40. The van der Waals surface area contributed by atoms with Crippen molar-refractivity contribution in [2.75, 3.05) is 0 Å². The number of thiophene rings is 1. The molecule has 0 bridgehead atoms. The summed E-state index contributed by atoms with van der Waals surface area (Å²) in [6.45, 7) is 1.57. The first kappa shape index (κ1) is 15.6. The number of aromatic nitrogens is 1. The van der Waals surface area contributed by atoms with Gasteiger partial charge in [-0.05, 0) is 19.1 Å². The largest absolute Gasteiger partial charge is 0.476 e. The van der Waals surface area contributed by atoms with Crippen molar-refractivity contribution in [3.8, 4) is 6.07 Å². The summed E-state index contributed by atoms with van der Waals surface area (Å²) in [5, 5.41) is 19.2. The lowest BCUT2D eigenvalue weighted by molar-refractivity contribution is 0.0691. The van der Waals surface area contributed by atoms with Crippen LogP contribution in [0.3, 0.4) is 0 Å². The van der Waals surface area contributed by atoms with Crippen molar-refractivity contribution in [1.29, 1.82) is 5.26 Å². The summed E-state index contributed by atoms with van der Waals surface area (Å²) in [7, 11) is -3.77. The maximum absolute atomic E-state index is 12.1. The molecule has 2 aromatic heterocycles. The molecule has 0 saturated carbocycles. The second-order valence-corrected chi connectivity index (χ2v) is 7.86. The van der Waals surface area contributed by atoms with E-state index in [9.17, 15) is 13.2 Å². The molecule has 2 N–H and O–H groups in total. The van der Waals surface area contributed by atoms with Crippen molar-refractivity contribution >= 4 is 38.7 Å². The van der Waals surface area contributed by atoms with Gasteiger partial charge in [-0.15, -0.1) is 22.7 Å². The van der Waals surface area contributed by atoms with Crippen LogP contribution in [-0.2, 0) is 10.0 Å². The third kappa shape index (κ3) is 3.45. The van der Waals surface area contributed by atoms with Crippen molar-refractivity contribution in [2.24, 2.45) is 0 Å². The van der Waals surface area contributed by atoms with Crippen LogP contribution in [0.15, 0.2) is 21.7 Å². The normalized spacial score (nSPS) is 12.8. The summed E-state index contributed by atoms with van der Waals surface area (Å²) in [6, 6.07) is 3.98. The Morgan fingerprint density at radius 1 is 1.52 bits per heavy atom. The average Bonchev–Trinajstić information content (AvgIpc) is 3.07. The van der Waals surface area contributed by atoms with Crippen molar-refractivity contribution in [3.63, 3.8) is 0 Å². The first-order valence-electron chi connectivity index (χ1n) is 5.54. The summed E-state index contributed by atoms with van der Waals surface area (Å²) in [4.78, 5) is 14.9. The molecule has 0 amide bonds. The van der Waals surface area contributed by atoms with Crippen LogP contribution in [0.25, 0.3) is 0 Å². The predicted octanol–water partition coefficient (Wildman–Crippen LogP) is 1.81. The van der Waals surface area contributed by atoms with Crippen LogP contribution < -0.4 is 4.72 Å². The highest BCUT2D eigenvalue weighted by molar-refractivity contribution is 7.91. The van der Waals surface area contributed by atoms with Gasteiger partial charge in [0, 0.05) is 5.38 Å². The fourth-order valence-corrected chi connectivity index (χ4v) is 4.65. The smallest absolute Gasteiger partial charge is 0.355 e. The van der Waals surface area contributed by atoms with Gasteiger partial charge >= 0.3 is 5.97 Å². The van der Waals surface area contributed by atoms with Gasteiger partial charge in [0.2, 0.25) is 0 Å². The van der Waals surface area contributed by atoms with E-state index in [-0.39, 0.29) is 9.90 Å². The van der Waals surface area contributed by atoms with Gasteiger partial charge in [-0.1, -0.05) is 0 Å². The lowest BCUT2D eigenvalue weighted by Crippen LogP contribution is -2.26. The maximum atomic E-state index is 12.1. The van der Waals surface area contributed by atoms with E-state index in [4.69, 9.17) is 10.4 Å². The zero-order valence-electron chi connectivity index (χ0n) is 10.6. The Morgan fingerprint density at radius 2 is 2.24 bits per heavy atom. The predicted molar refractivity (Wildman–Crippen MR) is 76.8 cm³/mol. The fraction of sp³-hybridized carbons (Fsp3) is 0.182. The number of carboxylic acid groups (broad SMARTS) is 1. The second-order valence-electron chi connectivity index (χ2n) is 3.95. The highest BCUT2D eigenvalue weighted by atomic mass is 32.2. The molecule has 0 spiro atoms. The van der Waals surface area contributed by atoms with Crippen molar-refractivity contribution in [1.82, 2.24) is 9.71 Å². The lowest BCUT2D eigenvalue weighted by atomic mass is 10.4. The van der Waals surface area contributed by atoms with Gasteiger partial charge in [-0.3, -0.25) is 0 Å². The Kier molecular flexibility index (Phi) is 4.38. The molecular weight excluding hydrogens is 334 g/mol. The number of thiazole rings is 1. The van der Waals surface area contributed by atoms with Crippen LogP contribution >= 0.6 is 22.7 Å². The molecule has 0 saturated heterocycles. The number of hydrogen-bond donors (Lipinski definition) is 2. The molecule has 110 valence electrons. The molecule has 0 radical (unpaired) electrons. The number of hydrogen-bond acceptors (Lipinski definition) is 7. The zero-order valence-corrected chi connectivity index (χ0v) is 13.1. The van der Waals surface area contributed by atoms with Gasteiger partial charge in [0.05, 0.1) is 6.04 Å². The Balaban J connectivity index is 2.19. The third-order valence-corrected chi connectivity index (χ3v) is 6.45. The number of nitrogens with zero attached hydrogens (tertiary/aromatic N) is 2. The molecule has 2 aromatic rings. The zero-order chi connectivity index (χ0) is 15.6. The average molecular weight is 343 g/mol. The summed E-state index contributed by atoms with van der Waals surface area (Å²) in [5.41, 5.74) is -0.121. The highest BCUT2D eigenvalue weighted by Gasteiger charge is 2.22. The van der Waals surface area contributed by atoms with E-state index in [2.05, 4.69) is 9.71 Å². The Labute approximate surface area is 128 Å². The summed E-state index contributed by atoms with van der Waals surface area (Å²) >= 11 is 1.93. The van der Waals surface area contributed by atoms with Crippen LogP contribution in [0.2, 0.25) is 0 Å². The first-order chi connectivity index (χ1) is 9.83. The molecule has 1 atom stereocenters. The number of nitriles is 1. The molecule has 0 aliphatic heterocycles. The van der Waals surface area contributed by atoms with Crippen LogP contribution in [0.5, 0.6) is 0 Å². The Hall–Kier alpha value is -1.80. The SMILES string of the molecule is CC(NS(=O)(=O)c1ccc(C#N)s1)c1nc(C(=O)O)cs1. The van der Waals surface area contributed by atoms with E-state index in [1.165, 1.54) is 17.5 Å². The standard InChI is InChI=1S/C11H9N3O4S3/c1-6(10-13-8(5-19-10)11(15)16)14-21(17,18)9-3-2-7(4-12)20-9/h2-3,5-6,14H,1H3,(H,15,16). The number of nitrogens with one attached hydrogen (secondary N) is 1. The number of rotatable bonds is 5. The van der Waals surface area contributed by atoms with E-state index in [1.807, 2.05) is 6.07 Å². The van der Waals surface area contributed by atoms with Crippen LogP contribution in [0.4, 0.5) is 0 Å². The van der Waals surface area contributed by atoms with Crippen LogP contribution in [-0.4, -0.2) is 24.5 Å². The van der Waals surface area contributed by atoms with Gasteiger partial charge in [0.25, 0.3) is 10.0 Å². The Bertz CT molecular complexity index is 816. The number of carboxylic acids is 1. The number of aromatic carboxylic acids is 1. The first-order valence-corrected chi connectivity index (χ1v) is 8.72. The van der Waals surface area contributed by atoms with Crippen molar-refractivity contribution < 1.29 is 18.3 Å². The summed E-state index contributed by atoms with van der Waals surface area (Å²) < 4.78 is 26.7. The summed E-state index contributed by atoms with van der Waals surface area (Å²) in [6.07, 6.45) is 0. The van der Waals surface area contributed by atoms with Crippen molar-refractivity contribution in [2.45, 2.75) is 17.2 Å². The monoisotopic (exact) mass is 343 g/mol. The fourth-order valence-electron chi connectivity index (χ4n) is 1.45. The highest BCUT2D eigenvalue weighted by Crippen LogP contribution is 2.24. The van der Waals surface area contributed by atoms with E-state index < -0.39 is 22.0 Å². The minimum Gasteiger partial charge on any atom is -0.476 e. The Morgan fingerprint density at radius 3 is 2.76 bits per heavy atom. The minimum atomic E-state index is -3.77. The molecule has 0 aromatic carbocycles. The molecule has 1 unspecified atom stereocenters. The van der Waals surface area contributed by atoms with Crippen LogP contribution in [0.1, 0.15) is 33.3 Å². The molecule has 0 fully saturated rings. The second kappa shape index (κ2) is 5.90. The number of carbonyl (C=O) groups is 1. The van der Waals surface area contributed by atoms with Gasteiger partial charge in [-0.25, -0.2) is 22.9 Å². The topological polar surface area (TPSA) is 120 Å². The summed E-state index contributed by atoms with van der Waals surface area (Å²) in [5.74, 6) is -1.16. The molecule has 2 rings (SSSR count). The van der Waals surface area contributed by atoms with Crippen molar-refractivity contribution in [3.05, 3.63) is 33.1 Å². The quantitative estimate of drug-likeness (QED) is 0.854. The molecule has 0 aliphatic rings. The number of sulfonamides is 1.